The Morgan fingerprint density at radius 2 is 2.11 bits per heavy atom. The van der Waals surface area contributed by atoms with Crippen LogP contribution in [0.1, 0.15) is 26.7 Å². The molecule has 0 unspecified atom stereocenters. The van der Waals surface area contributed by atoms with Crippen molar-refractivity contribution in [1.29, 1.82) is 0 Å². The van der Waals surface area contributed by atoms with Crippen LogP contribution in [0.5, 0.6) is 0 Å². The Balaban J connectivity index is 2.22. The fourth-order valence-electron chi connectivity index (χ4n) is 1.61. The second-order valence-corrected chi connectivity index (χ2v) is 5.06. The fraction of sp³-hybridized carbons (Fsp3) is 0.538. The van der Waals surface area contributed by atoms with Crippen LogP contribution in [0.4, 0.5) is 5.69 Å². The minimum atomic E-state index is 0.242. The molecule has 1 amide bonds. The monoisotopic (exact) mass is 267 g/mol. The van der Waals surface area contributed by atoms with E-state index in [0.29, 0.717) is 12.1 Å². The standard InChI is InChI=1S/C13H21N3OS/c1-3-16(4-2)13(17)6-5-9-18-12-8-7-11(14)10-15-12/h7-8,10H,3-6,9,14H2,1-2H3. The van der Waals surface area contributed by atoms with Crippen molar-refractivity contribution in [2.75, 3.05) is 24.6 Å². The van der Waals surface area contributed by atoms with Crippen LogP contribution < -0.4 is 5.73 Å². The summed E-state index contributed by atoms with van der Waals surface area (Å²) in [5.74, 6) is 1.15. The summed E-state index contributed by atoms with van der Waals surface area (Å²) in [4.78, 5) is 17.8. The van der Waals surface area contributed by atoms with Crippen molar-refractivity contribution in [2.24, 2.45) is 0 Å². The van der Waals surface area contributed by atoms with E-state index in [0.717, 1.165) is 30.3 Å². The highest BCUT2D eigenvalue weighted by Crippen LogP contribution is 2.17. The van der Waals surface area contributed by atoms with Crippen LogP contribution in [-0.4, -0.2) is 34.6 Å². The second-order valence-electron chi connectivity index (χ2n) is 3.95. The fourth-order valence-corrected chi connectivity index (χ4v) is 2.40. The van der Waals surface area contributed by atoms with Crippen molar-refractivity contribution in [3.63, 3.8) is 0 Å². The number of nitrogen functional groups attached to an aromatic ring is 1. The number of aromatic nitrogens is 1. The molecule has 0 saturated heterocycles. The normalized spacial score (nSPS) is 10.3. The maximum Gasteiger partial charge on any atom is 0.222 e. The van der Waals surface area contributed by atoms with E-state index in [1.165, 1.54) is 0 Å². The molecule has 4 nitrogen and oxygen atoms in total. The molecule has 1 aromatic rings. The molecule has 100 valence electrons. The molecule has 5 heteroatoms. The minimum absolute atomic E-state index is 0.242. The van der Waals surface area contributed by atoms with Gasteiger partial charge in [-0.15, -0.1) is 11.8 Å². The number of amides is 1. The summed E-state index contributed by atoms with van der Waals surface area (Å²) in [6.45, 7) is 5.60. The molecular formula is C13H21N3OS. The van der Waals surface area contributed by atoms with Gasteiger partial charge in [0, 0.05) is 19.5 Å². The van der Waals surface area contributed by atoms with Gasteiger partial charge in [0.25, 0.3) is 0 Å². The molecule has 0 atom stereocenters. The predicted octanol–water partition coefficient (Wildman–Crippen LogP) is 2.40. The number of carbonyl (C=O) groups is 1. The molecule has 1 rings (SSSR count). The highest BCUT2D eigenvalue weighted by atomic mass is 32.2. The predicted molar refractivity (Wildman–Crippen MR) is 76.5 cm³/mol. The van der Waals surface area contributed by atoms with Gasteiger partial charge in [0.2, 0.25) is 5.91 Å². The molecule has 1 aromatic heterocycles. The van der Waals surface area contributed by atoms with E-state index in [4.69, 9.17) is 5.73 Å². The van der Waals surface area contributed by atoms with Crippen LogP contribution in [-0.2, 0) is 4.79 Å². The largest absolute Gasteiger partial charge is 0.397 e. The van der Waals surface area contributed by atoms with Crippen molar-refractivity contribution in [3.8, 4) is 0 Å². The maximum atomic E-state index is 11.7. The summed E-state index contributed by atoms with van der Waals surface area (Å²) in [6.07, 6.45) is 3.15. The topological polar surface area (TPSA) is 59.2 Å². The third-order valence-corrected chi connectivity index (χ3v) is 3.69. The molecule has 0 aliphatic heterocycles. The minimum Gasteiger partial charge on any atom is -0.397 e. The first-order valence-corrected chi connectivity index (χ1v) is 7.28. The average molecular weight is 267 g/mol. The highest BCUT2D eigenvalue weighted by molar-refractivity contribution is 7.99. The van der Waals surface area contributed by atoms with Gasteiger partial charge in [-0.25, -0.2) is 4.98 Å². The lowest BCUT2D eigenvalue weighted by atomic mass is 10.3. The molecule has 0 aliphatic rings. The third-order valence-electron chi connectivity index (χ3n) is 2.66. The zero-order valence-electron chi connectivity index (χ0n) is 11.1. The van der Waals surface area contributed by atoms with Gasteiger partial charge in [0.15, 0.2) is 0 Å². The molecule has 0 aliphatic carbocycles. The van der Waals surface area contributed by atoms with Gasteiger partial charge in [0.05, 0.1) is 16.9 Å². The lowest BCUT2D eigenvalue weighted by Crippen LogP contribution is -2.30. The van der Waals surface area contributed by atoms with Crippen LogP contribution in [0.2, 0.25) is 0 Å². The van der Waals surface area contributed by atoms with E-state index in [9.17, 15) is 4.79 Å². The van der Waals surface area contributed by atoms with E-state index in [1.54, 1.807) is 18.0 Å². The van der Waals surface area contributed by atoms with Crippen LogP contribution in [0.25, 0.3) is 0 Å². The number of carbonyl (C=O) groups excluding carboxylic acids is 1. The van der Waals surface area contributed by atoms with Crippen LogP contribution >= 0.6 is 11.8 Å². The Labute approximate surface area is 113 Å². The number of pyridine rings is 1. The van der Waals surface area contributed by atoms with Crippen molar-refractivity contribution < 1.29 is 4.79 Å². The Kier molecular flexibility index (Phi) is 6.57. The zero-order chi connectivity index (χ0) is 13.4. The molecule has 2 N–H and O–H groups in total. The number of rotatable bonds is 7. The SMILES string of the molecule is CCN(CC)C(=O)CCCSc1ccc(N)cn1. The van der Waals surface area contributed by atoms with Crippen molar-refractivity contribution in [1.82, 2.24) is 9.88 Å². The summed E-state index contributed by atoms with van der Waals surface area (Å²) in [5.41, 5.74) is 6.24. The summed E-state index contributed by atoms with van der Waals surface area (Å²) in [6, 6.07) is 3.75. The van der Waals surface area contributed by atoms with E-state index in [2.05, 4.69) is 4.98 Å². The van der Waals surface area contributed by atoms with Gasteiger partial charge < -0.3 is 10.6 Å². The molecule has 0 radical (unpaired) electrons. The molecule has 0 aromatic carbocycles. The molecular weight excluding hydrogens is 246 g/mol. The first kappa shape index (κ1) is 14.8. The van der Waals surface area contributed by atoms with Crippen LogP contribution in [0.3, 0.4) is 0 Å². The van der Waals surface area contributed by atoms with Crippen LogP contribution in [0, 0.1) is 0 Å². The van der Waals surface area contributed by atoms with Gasteiger partial charge in [-0.2, -0.15) is 0 Å². The van der Waals surface area contributed by atoms with E-state index < -0.39 is 0 Å². The lowest BCUT2D eigenvalue weighted by Gasteiger charge is -2.18. The van der Waals surface area contributed by atoms with Gasteiger partial charge in [-0.1, -0.05) is 0 Å². The summed E-state index contributed by atoms with van der Waals surface area (Å²) in [7, 11) is 0. The highest BCUT2D eigenvalue weighted by Gasteiger charge is 2.08. The second kappa shape index (κ2) is 7.97. The summed E-state index contributed by atoms with van der Waals surface area (Å²) >= 11 is 1.66. The van der Waals surface area contributed by atoms with Gasteiger partial charge in [-0.05, 0) is 38.2 Å². The quantitative estimate of drug-likeness (QED) is 0.609. The van der Waals surface area contributed by atoms with E-state index >= 15 is 0 Å². The van der Waals surface area contributed by atoms with Gasteiger partial charge in [-0.3, -0.25) is 4.79 Å². The Hall–Kier alpha value is -1.23. The van der Waals surface area contributed by atoms with E-state index in [-0.39, 0.29) is 5.91 Å². The molecule has 0 spiro atoms. The van der Waals surface area contributed by atoms with Gasteiger partial charge in [0.1, 0.15) is 0 Å². The Morgan fingerprint density at radius 3 is 2.67 bits per heavy atom. The van der Waals surface area contributed by atoms with Gasteiger partial charge >= 0.3 is 0 Å². The zero-order valence-corrected chi connectivity index (χ0v) is 11.9. The first-order chi connectivity index (χ1) is 8.67. The van der Waals surface area contributed by atoms with E-state index in [1.807, 2.05) is 30.9 Å². The number of nitrogens with two attached hydrogens (primary N) is 1. The third kappa shape index (κ3) is 4.96. The number of hydrogen-bond acceptors (Lipinski definition) is 4. The molecule has 18 heavy (non-hydrogen) atoms. The Morgan fingerprint density at radius 1 is 1.39 bits per heavy atom. The number of anilines is 1. The molecule has 1 heterocycles. The average Bonchev–Trinajstić information content (AvgIpc) is 2.38. The van der Waals surface area contributed by atoms with Crippen molar-refractivity contribution in [3.05, 3.63) is 18.3 Å². The number of hydrogen-bond donors (Lipinski definition) is 1. The summed E-state index contributed by atoms with van der Waals surface area (Å²) < 4.78 is 0. The lowest BCUT2D eigenvalue weighted by molar-refractivity contribution is -0.130. The maximum absolute atomic E-state index is 11.7. The van der Waals surface area contributed by atoms with Crippen molar-refractivity contribution in [2.45, 2.75) is 31.7 Å². The molecule has 0 bridgehead atoms. The van der Waals surface area contributed by atoms with Crippen molar-refractivity contribution >= 4 is 23.4 Å². The smallest absolute Gasteiger partial charge is 0.222 e. The summed E-state index contributed by atoms with van der Waals surface area (Å²) in [5, 5.41) is 0.958. The molecule has 0 saturated carbocycles. The Bertz CT molecular complexity index is 363. The number of thioether (sulfide) groups is 1. The number of nitrogens with zero attached hydrogens (tertiary/aromatic N) is 2. The van der Waals surface area contributed by atoms with Crippen LogP contribution in [0.15, 0.2) is 23.4 Å². The molecule has 0 fully saturated rings. The first-order valence-electron chi connectivity index (χ1n) is 6.29.